The van der Waals surface area contributed by atoms with E-state index in [1.807, 2.05) is 0 Å². The summed E-state index contributed by atoms with van der Waals surface area (Å²) in [4.78, 5) is 26.3. The van der Waals surface area contributed by atoms with Gasteiger partial charge in [-0.3, -0.25) is 9.59 Å². The minimum Gasteiger partial charge on any atom is -0.385 e. The molecule has 2 amide bonds. The predicted molar refractivity (Wildman–Crippen MR) is 89.2 cm³/mol. The number of ether oxygens (including phenoxy) is 2. The number of hydrogen-bond acceptors (Lipinski definition) is 4. The molecule has 0 saturated carbocycles. The van der Waals surface area contributed by atoms with Crippen molar-refractivity contribution in [2.75, 3.05) is 40.5 Å². The van der Waals surface area contributed by atoms with Crippen LogP contribution in [0.3, 0.4) is 0 Å². The lowest BCUT2D eigenvalue weighted by atomic mass is 10.1. The first kappa shape index (κ1) is 19.9. The predicted octanol–water partition coefficient (Wildman–Crippen LogP) is 1.73. The molecule has 1 aliphatic rings. The van der Waals surface area contributed by atoms with Gasteiger partial charge in [-0.25, -0.2) is 0 Å². The molecular formula is C17H32N2O4. The van der Waals surface area contributed by atoms with E-state index in [0.29, 0.717) is 26.1 Å². The molecule has 1 N–H and O–H groups in total. The smallest absolute Gasteiger partial charge is 0.242 e. The Morgan fingerprint density at radius 3 is 2.43 bits per heavy atom. The number of nitrogens with one attached hydrogen (secondary N) is 1. The summed E-state index contributed by atoms with van der Waals surface area (Å²) in [6.07, 6.45) is 6.89. The van der Waals surface area contributed by atoms with Crippen LogP contribution in [0.4, 0.5) is 0 Å². The summed E-state index contributed by atoms with van der Waals surface area (Å²) in [7, 11) is 3.36. The summed E-state index contributed by atoms with van der Waals surface area (Å²) in [5.41, 5.74) is 0. The third-order valence-electron chi connectivity index (χ3n) is 4.19. The van der Waals surface area contributed by atoms with Crippen molar-refractivity contribution in [3.63, 3.8) is 0 Å². The normalized spacial score (nSPS) is 17.5. The number of methoxy groups -OCH3 is 2. The number of nitrogens with zero attached hydrogens (tertiary/aromatic N) is 1. The van der Waals surface area contributed by atoms with Crippen molar-refractivity contribution >= 4 is 11.8 Å². The Labute approximate surface area is 139 Å². The van der Waals surface area contributed by atoms with Crippen molar-refractivity contribution in [2.45, 2.75) is 57.4 Å². The van der Waals surface area contributed by atoms with Crippen molar-refractivity contribution in [3.05, 3.63) is 0 Å². The van der Waals surface area contributed by atoms with Gasteiger partial charge in [0.2, 0.25) is 11.8 Å². The zero-order valence-corrected chi connectivity index (χ0v) is 14.6. The average Bonchev–Trinajstić information content (AvgIpc) is 3.04. The van der Waals surface area contributed by atoms with Crippen molar-refractivity contribution in [1.29, 1.82) is 0 Å². The second-order valence-electron chi connectivity index (χ2n) is 6.04. The van der Waals surface area contributed by atoms with Crippen LogP contribution >= 0.6 is 0 Å². The summed E-state index contributed by atoms with van der Waals surface area (Å²) in [6.45, 7) is 2.81. The lowest BCUT2D eigenvalue weighted by molar-refractivity contribution is -0.138. The maximum absolute atomic E-state index is 12.3. The van der Waals surface area contributed by atoms with Crippen LogP contribution in [0.2, 0.25) is 0 Å². The van der Waals surface area contributed by atoms with Gasteiger partial charge < -0.3 is 19.7 Å². The summed E-state index contributed by atoms with van der Waals surface area (Å²) in [6, 6.07) is -0.274. The van der Waals surface area contributed by atoms with Gasteiger partial charge in [0.1, 0.15) is 6.04 Å². The molecule has 1 rings (SSSR count). The van der Waals surface area contributed by atoms with E-state index in [1.54, 1.807) is 19.1 Å². The van der Waals surface area contributed by atoms with E-state index in [9.17, 15) is 9.59 Å². The van der Waals surface area contributed by atoms with Crippen LogP contribution in [-0.4, -0.2) is 63.3 Å². The first-order chi connectivity index (χ1) is 11.2. The lowest BCUT2D eigenvalue weighted by Gasteiger charge is -2.24. The van der Waals surface area contributed by atoms with E-state index in [4.69, 9.17) is 9.47 Å². The highest BCUT2D eigenvalue weighted by atomic mass is 16.5. The van der Waals surface area contributed by atoms with E-state index in [1.165, 1.54) is 0 Å². The van der Waals surface area contributed by atoms with Gasteiger partial charge in [-0.2, -0.15) is 0 Å². The van der Waals surface area contributed by atoms with Crippen molar-refractivity contribution in [2.24, 2.45) is 0 Å². The minimum absolute atomic E-state index is 0.00681. The fraction of sp³-hybridized carbons (Fsp3) is 0.882. The van der Waals surface area contributed by atoms with Crippen molar-refractivity contribution < 1.29 is 19.1 Å². The molecule has 23 heavy (non-hydrogen) atoms. The second kappa shape index (κ2) is 12.3. The van der Waals surface area contributed by atoms with E-state index in [2.05, 4.69) is 5.32 Å². The minimum atomic E-state index is -0.274. The van der Waals surface area contributed by atoms with Crippen LogP contribution in [0.15, 0.2) is 0 Å². The van der Waals surface area contributed by atoms with Crippen LogP contribution in [0.25, 0.3) is 0 Å². The van der Waals surface area contributed by atoms with Crippen LogP contribution in [0.5, 0.6) is 0 Å². The van der Waals surface area contributed by atoms with Crippen LogP contribution in [-0.2, 0) is 19.1 Å². The molecule has 1 fully saturated rings. The van der Waals surface area contributed by atoms with E-state index in [-0.39, 0.29) is 17.9 Å². The summed E-state index contributed by atoms with van der Waals surface area (Å²) < 4.78 is 9.99. The molecule has 0 radical (unpaired) electrons. The Balaban J connectivity index is 2.25. The maximum Gasteiger partial charge on any atom is 0.242 e. The quantitative estimate of drug-likeness (QED) is 0.554. The molecule has 1 heterocycles. The van der Waals surface area contributed by atoms with Gasteiger partial charge in [0.05, 0.1) is 0 Å². The number of amides is 2. The van der Waals surface area contributed by atoms with Gasteiger partial charge in [0.25, 0.3) is 0 Å². The molecule has 1 aliphatic heterocycles. The summed E-state index contributed by atoms with van der Waals surface area (Å²) >= 11 is 0. The molecule has 0 spiro atoms. The molecule has 1 atom stereocenters. The molecule has 0 bridgehead atoms. The highest BCUT2D eigenvalue weighted by molar-refractivity contribution is 5.88. The van der Waals surface area contributed by atoms with E-state index in [0.717, 1.165) is 51.6 Å². The molecule has 134 valence electrons. The zero-order chi connectivity index (χ0) is 16.9. The standard InChI is InChI=1S/C17H32N2O4/c1-22-13-6-3-4-10-16(20)19-12-8-9-15(19)17(21)18-11-5-7-14-23-2/h15H,3-14H2,1-2H3,(H,18,21). The highest BCUT2D eigenvalue weighted by Gasteiger charge is 2.33. The molecule has 0 aromatic rings. The summed E-state index contributed by atoms with van der Waals surface area (Å²) in [5.74, 6) is 0.104. The number of unbranched alkanes of at least 4 members (excludes halogenated alkanes) is 3. The monoisotopic (exact) mass is 328 g/mol. The number of carbonyl (C=O) groups excluding carboxylic acids is 2. The molecule has 6 nitrogen and oxygen atoms in total. The Morgan fingerprint density at radius 2 is 1.74 bits per heavy atom. The maximum atomic E-state index is 12.3. The van der Waals surface area contributed by atoms with Crippen LogP contribution < -0.4 is 5.32 Å². The zero-order valence-electron chi connectivity index (χ0n) is 14.6. The SMILES string of the molecule is COCCCCCC(=O)N1CCCC1C(=O)NCCCCOC. The number of likely N-dealkylation sites (tertiary alicyclic amines) is 1. The number of carbonyl (C=O) groups is 2. The van der Waals surface area contributed by atoms with Gasteiger partial charge in [0.15, 0.2) is 0 Å². The highest BCUT2D eigenvalue weighted by Crippen LogP contribution is 2.19. The molecule has 6 heteroatoms. The topological polar surface area (TPSA) is 67.9 Å². The van der Waals surface area contributed by atoms with Crippen molar-refractivity contribution in [3.8, 4) is 0 Å². The lowest BCUT2D eigenvalue weighted by Crippen LogP contribution is -2.46. The van der Waals surface area contributed by atoms with Crippen LogP contribution in [0, 0.1) is 0 Å². The van der Waals surface area contributed by atoms with Gasteiger partial charge >= 0.3 is 0 Å². The number of rotatable bonds is 12. The number of hydrogen-bond donors (Lipinski definition) is 1. The van der Waals surface area contributed by atoms with Crippen molar-refractivity contribution in [1.82, 2.24) is 10.2 Å². The van der Waals surface area contributed by atoms with Gasteiger partial charge in [-0.15, -0.1) is 0 Å². The van der Waals surface area contributed by atoms with E-state index < -0.39 is 0 Å². The first-order valence-corrected chi connectivity index (χ1v) is 8.75. The van der Waals surface area contributed by atoms with Gasteiger partial charge in [-0.05, 0) is 38.5 Å². The largest absolute Gasteiger partial charge is 0.385 e. The Bertz CT molecular complexity index is 317. The Hall–Kier alpha value is -1.14. The van der Waals surface area contributed by atoms with Gasteiger partial charge in [0, 0.05) is 46.9 Å². The fourth-order valence-corrected chi connectivity index (χ4v) is 2.88. The molecule has 1 saturated heterocycles. The molecule has 0 aliphatic carbocycles. The van der Waals surface area contributed by atoms with E-state index >= 15 is 0 Å². The Morgan fingerprint density at radius 1 is 1.04 bits per heavy atom. The third kappa shape index (κ3) is 7.79. The fourth-order valence-electron chi connectivity index (χ4n) is 2.88. The average molecular weight is 328 g/mol. The van der Waals surface area contributed by atoms with Gasteiger partial charge in [-0.1, -0.05) is 6.42 Å². The summed E-state index contributed by atoms with van der Waals surface area (Å²) in [5, 5.41) is 2.95. The second-order valence-corrected chi connectivity index (χ2v) is 6.04. The molecule has 0 aromatic heterocycles. The molecule has 1 unspecified atom stereocenters. The molecular weight excluding hydrogens is 296 g/mol. The Kier molecular flexibility index (Phi) is 10.6. The first-order valence-electron chi connectivity index (χ1n) is 8.75. The van der Waals surface area contributed by atoms with Crippen LogP contribution in [0.1, 0.15) is 51.4 Å². The third-order valence-corrected chi connectivity index (χ3v) is 4.19. The molecule has 0 aromatic carbocycles.